The van der Waals surface area contributed by atoms with Crippen LogP contribution in [0.15, 0.2) is 69.9 Å². The van der Waals surface area contributed by atoms with Gasteiger partial charge in [0.25, 0.3) is 5.91 Å². The summed E-state index contributed by atoms with van der Waals surface area (Å²) >= 11 is 0. The Hall–Kier alpha value is -4.46. The highest BCUT2D eigenvalue weighted by atomic mass is 16.5. The Labute approximate surface area is 202 Å². The minimum Gasteiger partial charge on any atom is -0.497 e. The molecule has 4 aromatic rings. The van der Waals surface area contributed by atoms with Gasteiger partial charge in [0, 0.05) is 11.6 Å². The van der Waals surface area contributed by atoms with E-state index in [-0.39, 0.29) is 16.9 Å². The van der Waals surface area contributed by atoms with Gasteiger partial charge < -0.3 is 28.7 Å². The highest BCUT2D eigenvalue weighted by Gasteiger charge is 2.20. The van der Waals surface area contributed by atoms with Gasteiger partial charge in [0.2, 0.25) is 11.2 Å². The zero-order valence-electron chi connectivity index (χ0n) is 19.8. The maximum absolute atomic E-state index is 13.4. The number of fused-ring (bicyclic) bond motifs is 1. The van der Waals surface area contributed by atoms with Crippen LogP contribution in [0.25, 0.3) is 22.3 Å². The van der Waals surface area contributed by atoms with E-state index in [0.717, 1.165) is 5.56 Å². The average molecular weight is 475 g/mol. The van der Waals surface area contributed by atoms with Crippen molar-refractivity contribution in [2.24, 2.45) is 0 Å². The fourth-order valence-corrected chi connectivity index (χ4v) is 3.59. The van der Waals surface area contributed by atoms with Crippen LogP contribution < -0.4 is 29.7 Å². The molecule has 35 heavy (non-hydrogen) atoms. The molecule has 0 fully saturated rings. The summed E-state index contributed by atoms with van der Waals surface area (Å²) in [5.74, 6) is 1.34. The average Bonchev–Trinajstić information content (AvgIpc) is 2.88. The van der Waals surface area contributed by atoms with Crippen molar-refractivity contribution in [3.8, 4) is 34.3 Å². The van der Waals surface area contributed by atoms with Gasteiger partial charge >= 0.3 is 0 Å². The van der Waals surface area contributed by atoms with Gasteiger partial charge in [-0.2, -0.15) is 0 Å². The Kier molecular flexibility index (Phi) is 6.91. The molecule has 1 aromatic heterocycles. The molecule has 0 aliphatic heterocycles. The van der Waals surface area contributed by atoms with E-state index in [1.165, 1.54) is 14.2 Å². The molecule has 8 heteroatoms. The first-order valence-electron chi connectivity index (χ1n) is 10.8. The molecule has 3 aromatic carbocycles. The quantitative estimate of drug-likeness (QED) is 0.391. The molecule has 0 radical (unpaired) electrons. The Morgan fingerprint density at radius 3 is 2.29 bits per heavy atom. The molecule has 180 valence electrons. The number of methoxy groups -OCH3 is 3. The van der Waals surface area contributed by atoms with Crippen LogP contribution in [-0.2, 0) is 4.79 Å². The van der Waals surface area contributed by atoms with Crippen molar-refractivity contribution in [1.29, 1.82) is 0 Å². The monoisotopic (exact) mass is 475 g/mol. The number of rotatable bonds is 8. The van der Waals surface area contributed by atoms with Crippen LogP contribution in [0.1, 0.15) is 5.56 Å². The molecule has 1 amide bonds. The number of carbonyl (C=O) groups excluding carboxylic acids is 1. The Balaban J connectivity index is 1.68. The lowest BCUT2D eigenvalue weighted by atomic mass is 10.1. The molecule has 4 rings (SSSR count). The maximum atomic E-state index is 13.4. The summed E-state index contributed by atoms with van der Waals surface area (Å²) in [5.41, 5.74) is 1.97. The van der Waals surface area contributed by atoms with Gasteiger partial charge in [-0.15, -0.1) is 0 Å². The first-order valence-corrected chi connectivity index (χ1v) is 10.8. The van der Waals surface area contributed by atoms with Crippen molar-refractivity contribution in [3.63, 3.8) is 0 Å². The summed E-state index contributed by atoms with van der Waals surface area (Å²) < 4.78 is 27.6. The van der Waals surface area contributed by atoms with E-state index in [1.54, 1.807) is 61.7 Å². The lowest BCUT2D eigenvalue weighted by Gasteiger charge is -2.14. The lowest BCUT2D eigenvalue weighted by molar-refractivity contribution is -0.118. The minimum atomic E-state index is -0.485. The summed E-state index contributed by atoms with van der Waals surface area (Å²) in [5, 5.41) is 3.10. The number of hydrogen-bond donors (Lipinski definition) is 1. The van der Waals surface area contributed by atoms with Gasteiger partial charge in [-0.25, -0.2) is 0 Å². The molecule has 8 nitrogen and oxygen atoms in total. The standard InChI is InChI=1S/C27H25NO7/c1-16-5-11-22-20(13-16)25(30)27(26(35-22)17-6-8-18(31-2)9-7-17)34-15-24(29)28-21-14-19(32-3)10-12-23(21)33-4/h5-14H,15H2,1-4H3,(H,28,29). The second-order valence-corrected chi connectivity index (χ2v) is 7.72. The number of carbonyl (C=O) groups is 1. The molecule has 1 N–H and O–H groups in total. The summed E-state index contributed by atoms with van der Waals surface area (Å²) in [6.45, 7) is 1.46. The number of ether oxygens (including phenoxy) is 4. The molecule has 0 aliphatic rings. The molecule has 1 heterocycles. The van der Waals surface area contributed by atoms with Crippen molar-refractivity contribution >= 4 is 22.6 Å². The van der Waals surface area contributed by atoms with Gasteiger partial charge in [0.05, 0.1) is 32.4 Å². The molecular formula is C27H25NO7. The second-order valence-electron chi connectivity index (χ2n) is 7.72. The number of anilines is 1. The van der Waals surface area contributed by atoms with Crippen molar-refractivity contribution in [3.05, 3.63) is 76.5 Å². The van der Waals surface area contributed by atoms with Gasteiger partial charge in [0.1, 0.15) is 22.8 Å². The number of aryl methyl sites for hydroxylation is 1. The van der Waals surface area contributed by atoms with Crippen molar-refractivity contribution in [1.82, 2.24) is 0 Å². The highest BCUT2D eigenvalue weighted by Crippen LogP contribution is 2.33. The molecular weight excluding hydrogens is 450 g/mol. The first kappa shape index (κ1) is 23.7. The van der Waals surface area contributed by atoms with E-state index in [4.69, 9.17) is 23.4 Å². The molecule has 0 atom stereocenters. The highest BCUT2D eigenvalue weighted by molar-refractivity contribution is 5.94. The summed E-state index contributed by atoms with van der Waals surface area (Å²) in [7, 11) is 4.59. The van der Waals surface area contributed by atoms with Crippen LogP contribution >= 0.6 is 0 Å². The van der Waals surface area contributed by atoms with Crippen LogP contribution in [0.2, 0.25) is 0 Å². The lowest BCUT2D eigenvalue weighted by Crippen LogP contribution is -2.23. The number of nitrogens with one attached hydrogen (secondary N) is 1. The van der Waals surface area contributed by atoms with Crippen molar-refractivity contribution < 1.29 is 28.2 Å². The zero-order valence-corrected chi connectivity index (χ0v) is 19.8. The van der Waals surface area contributed by atoms with Gasteiger partial charge in [-0.05, 0) is 55.5 Å². The van der Waals surface area contributed by atoms with E-state index >= 15 is 0 Å². The Morgan fingerprint density at radius 1 is 0.886 bits per heavy atom. The molecule has 0 saturated carbocycles. The summed E-state index contributed by atoms with van der Waals surface area (Å²) in [6.07, 6.45) is 0. The van der Waals surface area contributed by atoms with Crippen LogP contribution in [0.5, 0.6) is 23.0 Å². The van der Waals surface area contributed by atoms with Crippen LogP contribution in [-0.4, -0.2) is 33.8 Å². The largest absolute Gasteiger partial charge is 0.497 e. The summed E-state index contributed by atoms with van der Waals surface area (Å²) in [4.78, 5) is 26.1. The van der Waals surface area contributed by atoms with E-state index in [9.17, 15) is 9.59 Å². The normalized spacial score (nSPS) is 10.6. The van der Waals surface area contributed by atoms with Crippen LogP contribution in [0.3, 0.4) is 0 Å². The molecule has 0 spiro atoms. The van der Waals surface area contributed by atoms with E-state index in [0.29, 0.717) is 39.5 Å². The van der Waals surface area contributed by atoms with Crippen molar-refractivity contribution in [2.75, 3.05) is 33.3 Å². The maximum Gasteiger partial charge on any atom is 0.262 e. The third-order valence-electron chi connectivity index (χ3n) is 5.38. The van der Waals surface area contributed by atoms with E-state index in [2.05, 4.69) is 5.32 Å². The third kappa shape index (κ3) is 5.06. The Bertz CT molecular complexity index is 1420. The number of benzene rings is 3. The Morgan fingerprint density at radius 2 is 1.60 bits per heavy atom. The second kappa shape index (κ2) is 10.2. The summed E-state index contributed by atoms with van der Waals surface area (Å²) in [6, 6.07) is 17.4. The van der Waals surface area contributed by atoms with Gasteiger partial charge in [-0.1, -0.05) is 11.6 Å². The first-order chi connectivity index (χ1) is 16.9. The molecule has 0 unspecified atom stereocenters. The fourth-order valence-electron chi connectivity index (χ4n) is 3.59. The van der Waals surface area contributed by atoms with Gasteiger partial charge in [0.15, 0.2) is 12.4 Å². The smallest absolute Gasteiger partial charge is 0.262 e. The molecule has 0 saturated heterocycles. The molecule has 0 aliphatic carbocycles. The zero-order chi connectivity index (χ0) is 24.9. The topological polar surface area (TPSA) is 96.2 Å². The van der Waals surface area contributed by atoms with Gasteiger partial charge in [-0.3, -0.25) is 9.59 Å². The number of hydrogen-bond acceptors (Lipinski definition) is 7. The van der Waals surface area contributed by atoms with Crippen LogP contribution in [0.4, 0.5) is 5.69 Å². The number of amides is 1. The van der Waals surface area contributed by atoms with Crippen molar-refractivity contribution in [2.45, 2.75) is 6.92 Å². The fraction of sp³-hybridized carbons (Fsp3) is 0.185. The molecule has 0 bridgehead atoms. The SMILES string of the molecule is COc1ccc(-c2oc3ccc(C)cc3c(=O)c2OCC(=O)Nc2cc(OC)ccc2OC)cc1. The third-order valence-corrected chi connectivity index (χ3v) is 5.38. The predicted octanol–water partition coefficient (Wildman–Crippen LogP) is 4.81. The minimum absolute atomic E-state index is 0.0546. The van der Waals surface area contributed by atoms with E-state index < -0.39 is 12.5 Å². The predicted molar refractivity (Wildman–Crippen MR) is 133 cm³/mol. The van der Waals surface area contributed by atoms with E-state index in [1.807, 2.05) is 13.0 Å². The van der Waals surface area contributed by atoms with Crippen LogP contribution in [0, 0.1) is 6.92 Å².